The van der Waals surface area contributed by atoms with Crippen LogP contribution in [0, 0.1) is 11.3 Å². The van der Waals surface area contributed by atoms with Crippen molar-refractivity contribution in [2.45, 2.75) is 38.6 Å². The van der Waals surface area contributed by atoms with E-state index >= 15 is 0 Å². The van der Waals surface area contributed by atoms with Crippen LogP contribution < -0.4 is 16.0 Å². The number of amides is 2. The lowest BCUT2D eigenvalue weighted by Gasteiger charge is -2.23. The number of carbonyl (C=O) groups excluding carboxylic acids is 2. The number of carbonyl (C=O) groups is 2. The maximum Gasteiger partial charge on any atom is 0.255 e. The van der Waals surface area contributed by atoms with E-state index < -0.39 is 30.3 Å². The highest BCUT2D eigenvalue weighted by Crippen LogP contribution is 2.26. The first-order valence-electron chi connectivity index (χ1n) is 10.6. The molecule has 10 nitrogen and oxygen atoms in total. The highest BCUT2D eigenvalue weighted by molar-refractivity contribution is 6.00. The van der Waals surface area contributed by atoms with E-state index in [1.807, 2.05) is 6.07 Å². The number of rotatable bonds is 8. The van der Waals surface area contributed by atoms with Crippen molar-refractivity contribution in [2.24, 2.45) is 0 Å². The van der Waals surface area contributed by atoms with Crippen LogP contribution in [0.5, 0.6) is 0 Å². The Morgan fingerprint density at radius 1 is 1.29 bits per heavy atom. The monoisotopic (exact) mass is 467 g/mol. The van der Waals surface area contributed by atoms with E-state index in [2.05, 4.69) is 26.0 Å². The van der Waals surface area contributed by atoms with E-state index in [4.69, 9.17) is 5.26 Å². The molecule has 0 saturated carbocycles. The average Bonchev–Trinajstić information content (AvgIpc) is 3.24. The fourth-order valence-corrected chi connectivity index (χ4v) is 3.19. The number of fused-ring (bicyclic) bond motifs is 1. The van der Waals surface area contributed by atoms with Crippen LogP contribution in [0.2, 0.25) is 0 Å². The zero-order chi connectivity index (χ0) is 25.0. The summed E-state index contributed by atoms with van der Waals surface area (Å²) in [4.78, 5) is 29.2. The number of nitrogens with one attached hydrogen (secondary N) is 3. The third-order valence-electron chi connectivity index (χ3n) is 5.26. The number of hydrogen-bond donors (Lipinski definition) is 4. The topological polar surface area (TPSA) is 144 Å². The van der Waals surface area contributed by atoms with Crippen molar-refractivity contribution in [3.8, 4) is 17.5 Å². The van der Waals surface area contributed by atoms with E-state index in [0.717, 1.165) is 0 Å². The fraction of sp³-hybridized carbons (Fsp3) is 0.348. The Bertz CT molecular complexity index is 1260. The molecule has 0 unspecified atom stereocenters. The second-order valence-corrected chi connectivity index (χ2v) is 8.34. The average molecular weight is 468 g/mol. The number of halogens is 1. The first-order chi connectivity index (χ1) is 16.0. The predicted octanol–water partition coefficient (Wildman–Crippen LogP) is 1.65. The number of aliphatic hydroxyl groups is 1. The van der Waals surface area contributed by atoms with Gasteiger partial charge in [0.25, 0.3) is 5.91 Å². The van der Waals surface area contributed by atoms with Crippen LogP contribution in [0.3, 0.4) is 0 Å². The third-order valence-corrected chi connectivity index (χ3v) is 5.26. The highest BCUT2D eigenvalue weighted by Gasteiger charge is 2.27. The van der Waals surface area contributed by atoms with Crippen LogP contribution in [0.1, 0.15) is 36.7 Å². The van der Waals surface area contributed by atoms with Gasteiger partial charge >= 0.3 is 0 Å². The number of alkyl halides is 1. The summed E-state index contributed by atoms with van der Waals surface area (Å²) in [6.45, 7) is 3.86. The summed E-state index contributed by atoms with van der Waals surface area (Å²) in [5.74, 6) is -0.913. The van der Waals surface area contributed by atoms with Gasteiger partial charge in [-0.25, -0.2) is 8.91 Å². The number of likely N-dealkylation sites (N-methyl/N-ethyl adjacent to an activating group) is 1. The number of pyridine rings is 1. The molecular formula is C23H26FN7O3. The molecule has 3 heterocycles. The van der Waals surface area contributed by atoms with Gasteiger partial charge in [-0.15, -0.1) is 0 Å². The van der Waals surface area contributed by atoms with Gasteiger partial charge in [0.1, 0.15) is 18.3 Å². The van der Waals surface area contributed by atoms with Gasteiger partial charge in [-0.3, -0.25) is 14.6 Å². The Hall–Kier alpha value is -4.04. The van der Waals surface area contributed by atoms with E-state index in [0.29, 0.717) is 28.2 Å². The van der Waals surface area contributed by atoms with E-state index in [-0.39, 0.29) is 11.5 Å². The molecule has 0 fully saturated rings. The molecule has 0 aliphatic carbocycles. The molecule has 0 aliphatic heterocycles. The van der Waals surface area contributed by atoms with Gasteiger partial charge < -0.3 is 21.1 Å². The molecule has 11 heteroatoms. The maximum absolute atomic E-state index is 14.1. The summed E-state index contributed by atoms with van der Waals surface area (Å²) in [6, 6.07) is 8.19. The Morgan fingerprint density at radius 3 is 2.68 bits per heavy atom. The van der Waals surface area contributed by atoms with Gasteiger partial charge in [-0.1, -0.05) is 0 Å². The number of anilines is 1. The van der Waals surface area contributed by atoms with Crippen molar-refractivity contribution in [2.75, 3.05) is 18.9 Å². The minimum atomic E-state index is -1.68. The smallest absolute Gasteiger partial charge is 0.255 e. The van der Waals surface area contributed by atoms with Gasteiger partial charge in [0.2, 0.25) is 5.91 Å². The molecule has 178 valence electrons. The van der Waals surface area contributed by atoms with Crippen LogP contribution in [0.4, 0.5) is 10.1 Å². The van der Waals surface area contributed by atoms with Gasteiger partial charge in [0.15, 0.2) is 0 Å². The van der Waals surface area contributed by atoms with Crippen LogP contribution in [-0.2, 0) is 4.79 Å². The van der Waals surface area contributed by atoms with Crippen molar-refractivity contribution in [3.63, 3.8) is 0 Å². The molecule has 4 N–H and O–H groups in total. The molecule has 3 rings (SSSR count). The zero-order valence-corrected chi connectivity index (χ0v) is 19.3. The van der Waals surface area contributed by atoms with E-state index in [1.165, 1.54) is 33.3 Å². The molecule has 0 aliphatic rings. The lowest BCUT2D eigenvalue weighted by molar-refractivity contribution is -0.121. The molecular weight excluding hydrogens is 441 g/mol. The third kappa shape index (κ3) is 5.29. The fourth-order valence-electron chi connectivity index (χ4n) is 3.19. The molecule has 2 amide bonds. The largest absolute Gasteiger partial charge is 0.387 e. The van der Waals surface area contributed by atoms with Crippen molar-refractivity contribution in [3.05, 3.63) is 47.8 Å². The maximum atomic E-state index is 14.1. The van der Waals surface area contributed by atoms with E-state index in [9.17, 15) is 19.1 Å². The molecule has 3 aromatic heterocycles. The normalized spacial score (nSPS) is 13.1. The predicted molar refractivity (Wildman–Crippen MR) is 124 cm³/mol. The summed E-state index contributed by atoms with van der Waals surface area (Å²) in [6.07, 6.45) is 1.08. The quantitative estimate of drug-likeness (QED) is 0.394. The molecule has 3 aromatic rings. The number of hydrogen-bond acceptors (Lipinski definition) is 7. The van der Waals surface area contributed by atoms with Crippen molar-refractivity contribution >= 4 is 23.0 Å². The van der Waals surface area contributed by atoms with Crippen LogP contribution in [-0.4, -0.2) is 62.9 Å². The molecule has 0 spiro atoms. The Labute approximate surface area is 195 Å². The SMILES string of the molecule is CNC(=O)[C@@H](C)Nc1cc(-c2ccc3cc(C#N)cnn23)ncc1C(=O)NC[C@@H](F)C(C)(C)O. The summed E-state index contributed by atoms with van der Waals surface area (Å²) in [7, 11) is 1.50. The minimum Gasteiger partial charge on any atom is -0.387 e. The van der Waals surface area contributed by atoms with Crippen LogP contribution in [0.25, 0.3) is 16.9 Å². The van der Waals surface area contributed by atoms with E-state index in [1.54, 1.807) is 35.7 Å². The van der Waals surface area contributed by atoms with Crippen molar-refractivity contribution in [1.82, 2.24) is 25.2 Å². The first-order valence-corrected chi connectivity index (χ1v) is 10.6. The van der Waals surface area contributed by atoms with Crippen LogP contribution >= 0.6 is 0 Å². The summed E-state index contributed by atoms with van der Waals surface area (Å²) in [5, 5.41) is 31.1. The zero-order valence-electron chi connectivity index (χ0n) is 19.3. The summed E-state index contributed by atoms with van der Waals surface area (Å²) < 4.78 is 15.7. The Morgan fingerprint density at radius 2 is 2.03 bits per heavy atom. The van der Waals surface area contributed by atoms with Gasteiger partial charge in [-0.2, -0.15) is 10.4 Å². The summed E-state index contributed by atoms with van der Waals surface area (Å²) >= 11 is 0. The van der Waals surface area contributed by atoms with Crippen LogP contribution in [0.15, 0.2) is 36.7 Å². The Balaban J connectivity index is 1.98. The van der Waals surface area contributed by atoms with Gasteiger partial charge in [-0.05, 0) is 45.0 Å². The number of aromatic nitrogens is 3. The molecule has 2 atom stereocenters. The number of nitriles is 1. The highest BCUT2D eigenvalue weighted by atomic mass is 19.1. The summed E-state index contributed by atoms with van der Waals surface area (Å²) in [5.41, 5.74) is 0.957. The minimum absolute atomic E-state index is 0.100. The molecule has 0 radical (unpaired) electrons. The molecule has 0 aromatic carbocycles. The lowest BCUT2D eigenvalue weighted by Crippen LogP contribution is -2.42. The van der Waals surface area contributed by atoms with Gasteiger partial charge in [0.05, 0.1) is 52.1 Å². The lowest BCUT2D eigenvalue weighted by atomic mass is 10.0. The second-order valence-electron chi connectivity index (χ2n) is 8.34. The molecule has 0 bridgehead atoms. The van der Waals surface area contributed by atoms with Crippen molar-refractivity contribution < 1.29 is 19.1 Å². The molecule has 34 heavy (non-hydrogen) atoms. The van der Waals surface area contributed by atoms with Gasteiger partial charge in [0, 0.05) is 13.2 Å². The number of nitrogens with zero attached hydrogens (tertiary/aromatic N) is 4. The second kappa shape index (κ2) is 9.84. The Kier molecular flexibility index (Phi) is 7.12. The standard InChI is InChI=1S/C23H26FN7O3/c1-13(21(32)26-4)30-17-8-18(19-6-5-15-7-14(9-25)10-29-31(15)19)27-11-16(17)22(33)28-12-20(24)23(2,3)34/h5-8,10-11,13,20,34H,12H2,1-4H3,(H,26,32)(H,27,30)(H,28,33)/t13-,20-/m1/s1. The molecule has 0 saturated heterocycles. The van der Waals surface area contributed by atoms with Crippen molar-refractivity contribution in [1.29, 1.82) is 5.26 Å². The first kappa shape index (κ1) is 24.6.